The van der Waals surface area contributed by atoms with Crippen molar-refractivity contribution in [2.24, 2.45) is 0 Å². The highest BCUT2D eigenvalue weighted by atomic mass is 32.2. The van der Waals surface area contributed by atoms with Gasteiger partial charge in [-0.1, -0.05) is 31.8 Å². The first-order chi connectivity index (χ1) is 13.3. The van der Waals surface area contributed by atoms with Gasteiger partial charge in [0.05, 0.1) is 4.90 Å². The number of nitrogens with one attached hydrogen (secondary N) is 1. The Labute approximate surface area is 165 Å². The van der Waals surface area contributed by atoms with Gasteiger partial charge in [0.1, 0.15) is 5.54 Å². The van der Waals surface area contributed by atoms with Crippen LogP contribution in [0.2, 0.25) is 0 Å². The maximum absolute atomic E-state index is 12.8. The van der Waals surface area contributed by atoms with E-state index in [0.29, 0.717) is 30.4 Å². The maximum atomic E-state index is 12.8. The first kappa shape index (κ1) is 20.5. The molecule has 0 saturated heterocycles. The van der Waals surface area contributed by atoms with Gasteiger partial charge in [-0.2, -0.15) is 9.29 Å². The zero-order chi connectivity index (χ0) is 20.4. The molecule has 0 unspecified atom stereocenters. The Morgan fingerprint density at radius 2 is 1.79 bits per heavy atom. The number of amides is 1. The Morgan fingerprint density at radius 3 is 2.29 bits per heavy atom. The summed E-state index contributed by atoms with van der Waals surface area (Å²) >= 11 is 0. The standard InChI is InChI=1S/C19H26N4O4S/c1-4-23(5-2)28(25,26)16-10-8-15(9-11-16)17(24)21-19(12-6-7-13-19)18-20-14(3)27-22-18/h8-11H,4-7,12-13H2,1-3H3,(H,21,24). The SMILES string of the molecule is CCN(CC)S(=O)(=O)c1ccc(C(=O)NC2(c3noc(C)n3)CCCC2)cc1. The summed E-state index contributed by atoms with van der Waals surface area (Å²) in [6.45, 7) is 6.10. The summed E-state index contributed by atoms with van der Waals surface area (Å²) in [5.41, 5.74) is -0.245. The Balaban J connectivity index is 1.81. The number of carbonyl (C=O) groups excluding carboxylic acids is 1. The summed E-state index contributed by atoms with van der Waals surface area (Å²) in [4.78, 5) is 17.3. The third kappa shape index (κ3) is 3.81. The highest BCUT2D eigenvalue weighted by Gasteiger charge is 2.41. The highest BCUT2D eigenvalue weighted by Crippen LogP contribution is 2.37. The molecule has 28 heavy (non-hydrogen) atoms. The van der Waals surface area contributed by atoms with Crippen LogP contribution in [0.4, 0.5) is 0 Å². The summed E-state index contributed by atoms with van der Waals surface area (Å²) in [5, 5.41) is 7.07. The predicted molar refractivity (Wildman–Crippen MR) is 103 cm³/mol. The number of carbonyl (C=O) groups is 1. The molecule has 1 aliphatic carbocycles. The normalized spacial score (nSPS) is 16.4. The van der Waals surface area contributed by atoms with E-state index in [-0.39, 0.29) is 10.8 Å². The number of sulfonamides is 1. The molecule has 0 spiro atoms. The van der Waals surface area contributed by atoms with Crippen LogP contribution in [0.25, 0.3) is 0 Å². The van der Waals surface area contributed by atoms with Gasteiger partial charge < -0.3 is 9.84 Å². The van der Waals surface area contributed by atoms with Gasteiger partial charge in [0.15, 0.2) is 5.82 Å². The van der Waals surface area contributed by atoms with E-state index in [4.69, 9.17) is 4.52 Å². The van der Waals surface area contributed by atoms with Crippen molar-refractivity contribution in [1.29, 1.82) is 0 Å². The third-order valence-electron chi connectivity index (χ3n) is 5.23. The number of rotatable bonds is 7. The zero-order valence-corrected chi connectivity index (χ0v) is 17.3. The molecule has 0 aliphatic heterocycles. The zero-order valence-electron chi connectivity index (χ0n) is 16.4. The van der Waals surface area contributed by atoms with Crippen LogP contribution in [0.1, 0.15) is 61.6 Å². The molecule has 1 aliphatic rings. The van der Waals surface area contributed by atoms with Crippen LogP contribution in [0.3, 0.4) is 0 Å². The van der Waals surface area contributed by atoms with Crippen molar-refractivity contribution in [2.75, 3.05) is 13.1 Å². The van der Waals surface area contributed by atoms with Crippen LogP contribution in [0, 0.1) is 6.92 Å². The summed E-state index contributed by atoms with van der Waals surface area (Å²) in [5.74, 6) is 0.675. The topological polar surface area (TPSA) is 105 Å². The average Bonchev–Trinajstić information content (AvgIpc) is 3.32. The average molecular weight is 407 g/mol. The Bertz CT molecular complexity index is 927. The molecule has 1 amide bonds. The van der Waals surface area contributed by atoms with E-state index in [0.717, 1.165) is 25.7 Å². The van der Waals surface area contributed by atoms with E-state index in [1.165, 1.54) is 28.6 Å². The minimum absolute atomic E-state index is 0.178. The second-order valence-electron chi connectivity index (χ2n) is 6.99. The minimum Gasteiger partial charge on any atom is -0.340 e. The number of aryl methyl sites for hydroxylation is 1. The van der Waals surface area contributed by atoms with Gasteiger partial charge in [0.25, 0.3) is 5.91 Å². The minimum atomic E-state index is -3.55. The molecule has 9 heteroatoms. The lowest BCUT2D eigenvalue weighted by atomic mass is 9.96. The highest BCUT2D eigenvalue weighted by molar-refractivity contribution is 7.89. The molecular formula is C19H26N4O4S. The monoisotopic (exact) mass is 406 g/mol. The van der Waals surface area contributed by atoms with E-state index in [2.05, 4.69) is 15.5 Å². The largest absolute Gasteiger partial charge is 0.340 e. The number of nitrogens with zero attached hydrogens (tertiary/aromatic N) is 3. The smallest absolute Gasteiger partial charge is 0.252 e. The third-order valence-corrected chi connectivity index (χ3v) is 7.29. The van der Waals surface area contributed by atoms with Gasteiger partial charge in [0.2, 0.25) is 15.9 Å². The van der Waals surface area contributed by atoms with E-state index in [1.807, 2.05) is 0 Å². The van der Waals surface area contributed by atoms with Crippen molar-refractivity contribution in [1.82, 2.24) is 19.8 Å². The fraction of sp³-hybridized carbons (Fsp3) is 0.526. The molecule has 1 aromatic carbocycles. The Hall–Kier alpha value is -2.26. The van der Waals surface area contributed by atoms with Crippen molar-refractivity contribution in [2.45, 2.75) is 56.9 Å². The van der Waals surface area contributed by atoms with Crippen molar-refractivity contribution in [3.8, 4) is 0 Å². The van der Waals surface area contributed by atoms with Crippen LogP contribution >= 0.6 is 0 Å². The van der Waals surface area contributed by atoms with Crippen LogP contribution in [-0.4, -0.2) is 41.9 Å². The first-order valence-electron chi connectivity index (χ1n) is 9.56. The van der Waals surface area contributed by atoms with E-state index in [9.17, 15) is 13.2 Å². The number of aromatic nitrogens is 2. The van der Waals surface area contributed by atoms with E-state index < -0.39 is 15.6 Å². The van der Waals surface area contributed by atoms with E-state index >= 15 is 0 Å². The van der Waals surface area contributed by atoms with Crippen LogP contribution < -0.4 is 5.32 Å². The molecule has 3 rings (SSSR count). The van der Waals surface area contributed by atoms with Crippen molar-refractivity contribution < 1.29 is 17.7 Å². The number of hydrogen-bond acceptors (Lipinski definition) is 6. The molecule has 1 N–H and O–H groups in total. The van der Waals surface area contributed by atoms with Gasteiger partial charge in [-0.15, -0.1) is 0 Å². The fourth-order valence-electron chi connectivity index (χ4n) is 3.66. The first-order valence-corrected chi connectivity index (χ1v) is 11.0. The Kier molecular flexibility index (Phi) is 5.85. The number of benzene rings is 1. The summed E-state index contributed by atoms with van der Waals surface area (Å²) in [7, 11) is -3.55. The molecule has 152 valence electrons. The predicted octanol–water partition coefficient (Wildman–Crippen LogP) is 2.61. The maximum Gasteiger partial charge on any atom is 0.252 e. The molecule has 2 aromatic rings. The summed E-state index contributed by atoms with van der Waals surface area (Å²) in [6, 6.07) is 6.02. The van der Waals surface area contributed by atoms with Gasteiger partial charge in [0, 0.05) is 25.6 Å². The van der Waals surface area contributed by atoms with Crippen LogP contribution in [0.15, 0.2) is 33.7 Å². The second-order valence-corrected chi connectivity index (χ2v) is 8.93. The Morgan fingerprint density at radius 1 is 1.18 bits per heavy atom. The fourth-order valence-corrected chi connectivity index (χ4v) is 5.12. The van der Waals surface area contributed by atoms with E-state index in [1.54, 1.807) is 20.8 Å². The molecule has 1 aromatic heterocycles. The molecule has 1 saturated carbocycles. The van der Waals surface area contributed by atoms with Crippen molar-refractivity contribution in [3.63, 3.8) is 0 Å². The molecule has 0 radical (unpaired) electrons. The molecule has 8 nitrogen and oxygen atoms in total. The van der Waals surface area contributed by atoms with Gasteiger partial charge in [-0.3, -0.25) is 4.79 Å². The molecule has 0 atom stereocenters. The lowest BCUT2D eigenvalue weighted by Gasteiger charge is -2.26. The van der Waals surface area contributed by atoms with Crippen LogP contribution in [-0.2, 0) is 15.6 Å². The quantitative estimate of drug-likeness (QED) is 0.758. The lowest BCUT2D eigenvalue weighted by Crippen LogP contribution is -2.44. The van der Waals surface area contributed by atoms with Crippen molar-refractivity contribution in [3.05, 3.63) is 41.5 Å². The lowest BCUT2D eigenvalue weighted by molar-refractivity contribution is 0.0891. The van der Waals surface area contributed by atoms with Crippen LogP contribution in [0.5, 0.6) is 0 Å². The van der Waals surface area contributed by atoms with Gasteiger partial charge in [-0.25, -0.2) is 8.42 Å². The van der Waals surface area contributed by atoms with Gasteiger partial charge in [-0.05, 0) is 37.1 Å². The summed E-state index contributed by atoms with van der Waals surface area (Å²) < 4.78 is 31.7. The van der Waals surface area contributed by atoms with Gasteiger partial charge >= 0.3 is 0 Å². The van der Waals surface area contributed by atoms with Crippen molar-refractivity contribution >= 4 is 15.9 Å². The summed E-state index contributed by atoms with van der Waals surface area (Å²) in [6.07, 6.45) is 3.42. The molecule has 1 fully saturated rings. The molecular weight excluding hydrogens is 380 g/mol. The number of hydrogen-bond donors (Lipinski definition) is 1. The molecule has 0 bridgehead atoms. The molecule has 1 heterocycles. The second kappa shape index (κ2) is 8.00.